The summed E-state index contributed by atoms with van der Waals surface area (Å²) in [7, 11) is -3.77. The maximum atomic E-state index is 12.1. The lowest BCUT2D eigenvalue weighted by Gasteiger charge is -2.09. The molecule has 2 rings (SSSR count). The summed E-state index contributed by atoms with van der Waals surface area (Å²) in [6.45, 7) is 1.37. The number of nitrogens with zero attached hydrogens (tertiary/aromatic N) is 1. The molecule has 2 aromatic rings. The van der Waals surface area contributed by atoms with E-state index in [-0.39, 0.29) is 21.8 Å². The van der Waals surface area contributed by atoms with E-state index in [2.05, 4.69) is 20.6 Å². The number of anilines is 2. The predicted octanol–water partition coefficient (Wildman–Crippen LogP) is 2.00. The molecule has 0 unspecified atom stereocenters. The Balaban J connectivity index is 2.08. The molecule has 7 nitrogen and oxygen atoms in total. The molecular formula is C13H13ClN4O3S. The molecule has 0 saturated heterocycles. The van der Waals surface area contributed by atoms with E-state index in [9.17, 15) is 13.2 Å². The highest BCUT2D eigenvalue weighted by Crippen LogP contribution is 2.14. The van der Waals surface area contributed by atoms with E-state index in [4.69, 9.17) is 11.6 Å². The fourth-order valence-corrected chi connectivity index (χ4v) is 2.59. The van der Waals surface area contributed by atoms with Gasteiger partial charge in [0.2, 0.25) is 5.91 Å². The molecule has 0 bridgehead atoms. The normalized spacial score (nSPS) is 11.0. The number of aromatic nitrogens is 1. The molecule has 1 aromatic heterocycles. The minimum absolute atomic E-state index is 0.0381. The van der Waals surface area contributed by atoms with Gasteiger partial charge >= 0.3 is 0 Å². The molecular weight excluding hydrogens is 328 g/mol. The van der Waals surface area contributed by atoms with E-state index in [0.717, 1.165) is 0 Å². The minimum Gasteiger partial charge on any atom is -0.326 e. The summed E-state index contributed by atoms with van der Waals surface area (Å²) < 4.78 is 24.2. The monoisotopic (exact) mass is 340 g/mol. The summed E-state index contributed by atoms with van der Waals surface area (Å²) in [6, 6.07) is 10.5. The summed E-state index contributed by atoms with van der Waals surface area (Å²) in [6.07, 6.45) is 0. The Morgan fingerprint density at radius 1 is 1.14 bits per heavy atom. The van der Waals surface area contributed by atoms with Gasteiger partial charge < -0.3 is 5.32 Å². The highest BCUT2D eigenvalue weighted by Gasteiger charge is 2.13. The molecule has 9 heteroatoms. The van der Waals surface area contributed by atoms with Crippen molar-refractivity contribution >= 4 is 39.0 Å². The van der Waals surface area contributed by atoms with Crippen molar-refractivity contribution in [2.45, 2.75) is 11.8 Å². The molecule has 22 heavy (non-hydrogen) atoms. The third-order valence-electron chi connectivity index (χ3n) is 2.51. The Bertz CT molecular complexity index is 778. The van der Waals surface area contributed by atoms with Crippen LogP contribution in [0.25, 0.3) is 0 Å². The second-order valence-corrected chi connectivity index (χ2v) is 6.35. The first-order valence-corrected chi connectivity index (χ1v) is 8.01. The number of benzene rings is 1. The van der Waals surface area contributed by atoms with Crippen molar-refractivity contribution in [3.8, 4) is 0 Å². The number of amides is 1. The van der Waals surface area contributed by atoms with Gasteiger partial charge in [-0.2, -0.15) is 0 Å². The number of rotatable bonds is 5. The molecule has 0 aliphatic carbocycles. The lowest BCUT2D eigenvalue weighted by Crippen LogP contribution is -2.29. The zero-order valence-corrected chi connectivity index (χ0v) is 13.1. The molecule has 0 radical (unpaired) electrons. The maximum absolute atomic E-state index is 12.1. The van der Waals surface area contributed by atoms with Gasteiger partial charge in [0.1, 0.15) is 11.0 Å². The average Bonchev–Trinajstić information content (AvgIpc) is 2.45. The molecule has 0 fully saturated rings. The number of hydrogen-bond acceptors (Lipinski definition) is 5. The predicted molar refractivity (Wildman–Crippen MR) is 83.9 cm³/mol. The Kier molecular flexibility index (Phi) is 4.96. The first-order chi connectivity index (χ1) is 10.4. The topological polar surface area (TPSA) is 100 Å². The molecule has 1 aromatic carbocycles. The van der Waals surface area contributed by atoms with E-state index in [0.29, 0.717) is 5.69 Å². The quantitative estimate of drug-likeness (QED) is 0.571. The number of pyridine rings is 1. The molecule has 0 spiro atoms. The number of carbonyl (C=O) groups excluding carboxylic acids is 1. The van der Waals surface area contributed by atoms with Crippen LogP contribution in [0.3, 0.4) is 0 Å². The maximum Gasteiger partial charge on any atom is 0.257 e. The zero-order valence-electron chi connectivity index (χ0n) is 11.5. The standard InChI is InChI=1S/C13H13ClN4O3S/c1-9(19)15-10-5-7-11(8-6-10)22(20,21)18-17-13-4-2-3-12(14)16-13/h2-8,18H,1H3,(H,15,19)(H,16,17). The van der Waals surface area contributed by atoms with Crippen molar-refractivity contribution in [1.29, 1.82) is 0 Å². The number of carbonyl (C=O) groups is 1. The van der Waals surface area contributed by atoms with Gasteiger partial charge in [-0.15, -0.1) is 4.83 Å². The van der Waals surface area contributed by atoms with E-state index in [1.807, 2.05) is 0 Å². The molecule has 0 saturated carbocycles. The third-order valence-corrected chi connectivity index (χ3v) is 3.99. The first kappa shape index (κ1) is 16.2. The number of hydrogen-bond donors (Lipinski definition) is 3. The summed E-state index contributed by atoms with van der Waals surface area (Å²) in [5.41, 5.74) is 2.98. The molecule has 3 N–H and O–H groups in total. The second kappa shape index (κ2) is 6.73. The smallest absolute Gasteiger partial charge is 0.257 e. The molecule has 0 atom stereocenters. The second-order valence-electron chi connectivity index (χ2n) is 4.28. The van der Waals surface area contributed by atoms with Crippen molar-refractivity contribution in [3.05, 3.63) is 47.6 Å². The summed E-state index contributed by atoms with van der Waals surface area (Å²) >= 11 is 5.71. The van der Waals surface area contributed by atoms with E-state index < -0.39 is 10.0 Å². The summed E-state index contributed by atoms with van der Waals surface area (Å²) in [4.78, 5) is 17.0. The van der Waals surface area contributed by atoms with Crippen LogP contribution in [0.1, 0.15) is 6.92 Å². The summed E-state index contributed by atoms with van der Waals surface area (Å²) in [5, 5.41) is 2.79. The number of nitrogens with one attached hydrogen (secondary N) is 3. The zero-order chi connectivity index (χ0) is 16.2. The average molecular weight is 341 g/mol. The van der Waals surface area contributed by atoms with Crippen LogP contribution in [-0.2, 0) is 14.8 Å². The SMILES string of the molecule is CC(=O)Nc1ccc(S(=O)(=O)NNc2cccc(Cl)n2)cc1. The van der Waals surface area contributed by atoms with Crippen molar-refractivity contribution < 1.29 is 13.2 Å². The van der Waals surface area contributed by atoms with Gasteiger partial charge in [0, 0.05) is 12.6 Å². The van der Waals surface area contributed by atoms with E-state index in [1.165, 1.54) is 31.2 Å². The largest absolute Gasteiger partial charge is 0.326 e. The number of sulfonamides is 1. The third kappa shape index (κ3) is 4.42. The van der Waals surface area contributed by atoms with Crippen molar-refractivity contribution in [1.82, 2.24) is 9.82 Å². The molecule has 116 valence electrons. The molecule has 1 heterocycles. The van der Waals surface area contributed by atoms with Gasteiger partial charge in [-0.1, -0.05) is 17.7 Å². The highest BCUT2D eigenvalue weighted by atomic mass is 35.5. The van der Waals surface area contributed by atoms with Gasteiger partial charge in [-0.05, 0) is 36.4 Å². The number of hydrazine groups is 1. The van der Waals surface area contributed by atoms with Crippen LogP contribution in [-0.4, -0.2) is 19.3 Å². The Hall–Kier alpha value is -2.16. The first-order valence-electron chi connectivity index (χ1n) is 6.15. The Morgan fingerprint density at radius 3 is 2.41 bits per heavy atom. The van der Waals surface area contributed by atoms with Crippen LogP contribution in [0.2, 0.25) is 5.15 Å². The molecule has 0 aliphatic heterocycles. The van der Waals surface area contributed by atoms with Gasteiger partial charge in [0.15, 0.2) is 0 Å². The van der Waals surface area contributed by atoms with Crippen LogP contribution >= 0.6 is 11.6 Å². The Morgan fingerprint density at radius 2 is 1.82 bits per heavy atom. The summed E-state index contributed by atoms with van der Waals surface area (Å²) in [5.74, 6) is 0.0355. The van der Waals surface area contributed by atoms with Gasteiger partial charge in [0.05, 0.1) is 4.90 Å². The lowest BCUT2D eigenvalue weighted by atomic mass is 10.3. The van der Waals surface area contributed by atoms with Gasteiger partial charge in [0.25, 0.3) is 10.0 Å². The van der Waals surface area contributed by atoms with Gasteiger partial charge in [-0.3, -0.25) is 10.2 Å². The fraction of sp³-hybridized carbons (Fsp3) is 0.0769. The van der Waals surface area contributed by atoms with Crippen LogP contribution in [0, 0.1) is 0 Å². The van der Waals surface area contributed by atoms with E-state index in [1.54, 1.807) is 18.2 Å². The van der Waals surface area contributed by atoms with Crippen LogP contribution in [0.15, 0.2) is 47.4 Å². The van der Waals surface area contributed by atoms with Crippen molar-refractivity contribution in [3.63, 3.8) is 0 Å². The fourth-order valence-electron chi connectivity index (χ4n) is 1.58. The van der Waals surface area contributed by atoms with Gasteiger partial charge in [-0.25, -0.2) is 13.4 Å². The molecule has 0 aliphatic rings. The van der Waals surface area contributed by atoms with Crippen LogP contribution in [0.4, 0.5) is 11.5 Å². The van der Waals surface area contributed by atoms with Crippen molar-refractivity contribution in [2.24, 2.45) is 0 Å². The van der Waals surface area contributed by atoms with Crippen molar-refractivity contribution in [2.75, 3.05) is 10.7 Å². The lowest BCUT2D eigenvalue weighted by molar-refractivity contribution is -0.114. The minimum atomic E-state index is -3.77. The Labute approximate surface area is 132 Å². The molecule has 1 amide bonds. The highest BCUT2D eigenvalue weighted by molar-refractivity contribution is 7.89. The van der Waals surface area contributed by atoms with Crippen LogP contribution in [0.5, 0.6) is 0 Å². The number of halogens is 1. The van der Waals surface area contributed by atoms with Crippen LogP contribution < -0.4 is 15.6 Å². The van der Waals surface area contributed by atoms with E-state index >= 15 is 0 Å².